The lowest BCUT2D eigenvalue weighted by Crippen LogP contribution is -2.70. The average molecular weight is 471 g/mol. The average Bonchev–Trinajstić information content (AvgIpc) is 2.88. The van der Waals surface area contributed by atoms with E-state index in [-0.39, 0.29) is 51.0 Å². The highest BCUT2D eigenvalue weighted by Gasteiger charge is 2.34. The fourth-order valence-electron chi connectivity index (χ4n) is 4.69. The number of nitrogens with two attached hydrogens (primary N) is 1. The standard InChI is InChI=1S/C24H30N4O6/c29-13-11-27(12-14-30)23(31)17-5-6-22(20(15-17)25-33)26-9-7-19(8-10-26)28-21-4-2-1-3-18(21)16-34-24(28)32/h1-6,15,19,29-30H,7-14,16,25H2. The molecule has 0 unspecified atom stereocenters. The van der Waals surface area contributed by atoms with E-state index >= 15 is 0 Å². The molecule has 2 heterocycles. The summed E-state index contributed by atoms with van der Waals surface area (Å²) in [5.41, 5.74) is 4.09. The number of carbonyl (C=O) groups is 2. The van der Waals surface area contributed by atoms with Gasteiger partial charge < -0.3 is 35.4 Å². The maximum absolute atomic E-state index is 12.8. The van der Waals surface area contributed by atoms with Gasteiger partial charge in [0.2, 0.25) is 0 Å². The summed E-state index contributed by atoms with van der Waals surface area (Å²) in [4.78, 5) is 30.5. The summed E-state index contributed by atoms with van der Waals surface area (Å²) in [6.45, 7) is 1.35. The Bertz CT molecular complexity index is 1020. The zero-order valence-corrected chi connectivity index (χ0v) is 18.9. The minimum absolute atomic E-state index is 0.00347. The first-order valence-corrected chi connectivity index (χ1v) is 11.5. The minimum Gasteiger partial charge on any atom is -0.630 e. The number of carbonyl (C=O) groups excluding carboxylic acids is 2. The van der Waals surface area contributed by atoms with E-state index in [1.807, 2.05) is 24.3 Å². The van der Waals surface area contributed by atoms with Crippen LogP contribution < -0.4 is 15.3 Å². The van der Waals surface area contributed by atoms with Crippen molar-refractivity contribution in [1.82, 2.24) is 4.90 Å². The maximum atomic E-state index is 12.8. The van der Waals surface area contributed by atoms with Crippen LogP contribution >= 0.6 is 0 Å². The third-order valence-electron chi connectivity index (χ3n) is 6.40. The van der Waals surface area contributed by atoms with Crippen molar-refractivity contribution in [1.29, 1.82) is 0 Å². The van der Waals surface area contributed by atoms with Crippen LogP contribution in [0.1, 0.15) is 28.8 Å². The molecule has 10 nitrogen and oxygen atoms in total. The van der Waals surface area contributed by atoms with Gasteiger partial charge in [0, 0.05) is 49.4 Å². The number of aliphatic hydroxyl groups excluding tert-OH is 2. The number of rotatable bonds is 8. The van der Waals surface area contributed by atoms with Crippen molar-refractivity contribution in [2.45, 2.75) is 25.5 Å². The summed E-state index contributed by atoms with van der Waals surface area (Å²) in [5.74, 6) is -0.348. The van der Waals surface area contributed by atoms with Gasteiger partial charge in [-0.25, -0.2) is 4.79 Å². The molecule has 1 saturated heterocycles. The van der Waals surface area contributed by atoms with Crippen LogP contribution in [-0.4, -0.2) is 72.5 Å². The lowest BCUT2D eigenvalue weighted by Gasteiger charge is -2.41. The smallest absolute Gasteiger partial charge is 0.414 e. The van der Waals surface area contributed by atoms with Crippen molar-refractivity contribution >= 4 is 29.1 Å². The number of fused-ring (bicyclic) bond motifs is 1. The molecule has 2 aliphatic rings. The third kappa shape index (κ3) is 4.85. The number of hydrogen-bond acceptors (Lipinski definition) is 7. The zero-order chi connectivity index (χ0) is 24.1. The number of amides is 2. The Morgan fingerprint density at radius 3 is 2.47 bits per heavy atom. The Morgan fingerprint density at radius 2 is 1.79 bits per heavy atom. The van der Waals surface area contributed by atoms with Crippen molar-refractivity contribution < 1.29 is 30.0 Å². The number of benzene rings is 2. The predicted octanol–water partition coefficient (Wildman–Crippen LogP) is 0.932. The monoisotopic (exact) mass is 470 g/mol. The summed E-state index contributed by atoms with van der Waals surface area (Å²) in [6, 6.07) is 12.7. The van der Waals surface area contributed by atoms with Gasteiger partial charge in [0.1, 0.15) is 6.61 Å². The molecule has 0 aromatic heterocycles. The zero-order valence-electron chi connectivity index (χ0n) is 18.9. The highest BCUT2D eigenvalue weighted by Crippen LogP contribution is 2.34. The van der Waals surface area contributed by atoms with E-state index in [0.29, 0.717) is 37.2 Å². The first-order chi connectivity index (χ1) is 16.6. The van der Waals surface area contributed by atoms with Crippen LogP contribution in [0.5, 0.6) is 0 Å². The second kappa shape index (κ2) is 10.8. The van der Waals surface area contributed by atoms with E-state index in [1.165, 1.54) is 4.90 Å². The number of nitrogens with zero attached hydrogens (tertiary/aromatic N) is 3. The van der Waals surface area contributed by atoms with Gasteiger partial charge in [-0.1, -0.05) is 18.2 Å². The lowest BCUT2D eigenvalue weighted by atomic mass is 9.99. The minimum atomic E-state index is -0.348. The topological polar surface area (TPSA) is 133 Å². The fraction of sp³-hybridized carbons (Fsp3) is 0.417. The van der Waals surface area contributed by atoms with Crippen LogP contribution in [0, 0.1) is 5.21 Å². The van der Waals surface area contributed by atoms with Crippen LogP contribution in [0.25, 0.3) is 0 Å². The van der Waals surface area contributed by atoms with Gasteiger partial charge in [-0.2, -0.15) is 0 Å². The summed E-state index contributed by atoms with van der Waals surface area (Å²) < 4.78 is 5.37. The van der Waals surface area contributed by atoms with Crippen molar-refractivity contribution in [2.24, 2.45) is 0 Å². The molecule has 0 saturated carbocycles. The van der Waals surface area contributed by atoms with Crippen molar-refractivity contribution in [3.63, 3.8) is 0 Å². The van der Waals surface area contributed by atoms with Gasteiger partial charge in [-0.15, -0.1) is 0 Å². The number of ether oxygens (including phenoxy) is 1. The molecule has 1 fully saturated rings. The number of hydrogen-bond donors (Lipinski definition) is 3. The molecule has 0 radical (unpaired) electrons. The Labute approximate surface area is 197 Å². The summed E-state index contributed by atoms with van der Waals surface area (Å²) in [7, 11) is 0. The highest BCUT2D eigenvalue weighted by atomic mass is 16.6. The van der Waals surface area contributed by atoms with Gasteiger partial charge in [0.05, 0.1) is 24.6 Å². The quantitative estimate of drug-likeness (QED) is 0.386. The molecule has 0 bridgehead atoms. The normalized spacial score (nSPS) is 16.3. The van der Waals surface area contributed by atoms with Crippen LogP contribution in [0.4, 0.5) is 21.9 Å². The number of piperidine rings is 1. The first-order valence-electron chi connectivity index (χ1n) is 11.5. The molecule has 0 spiro atoms. The molecule has 10 heteroatoms. The Morgan fingerprint density at radius 1 is 1.09 bits per heavy atom. The van der Waals surface area contributed by atoms with Crippen LogP contribution in [-0.2, 0) is 11.3 Å². The summed E-state index contributed by atoms with van der Waals surface area (Å²) in [6.07, 6.45) is 1.09. The molecule has 2 aromatic carbocycles. The molecular formula is C24H30N4O6. The van der Waals surface area contributed by atoms with E-state index in [1.54, 1.807) is 23.1 Å². The van der Waals surface area contributed by atoms with Crippen molar-refractivity contribution in [2.75, 3.05) is 49.2 Å². The van der Waals surface area contributed by atoms with E-state index in [2.05, 4.69) is 4.90 Å². The van der Waals surface area contributed by atoms with E-state index in [9.17, 15) is 25.0 Å². The Kier molecular flexibility index (Phi) is 7.63. The van der Waals surface area contributed by atoms with Gasteiger partial charge in [-0.3, -0.25) is 9.69 Å². The molecule has 182 valence electrons. The van der Waals surface area contributed by atoms with Crippen molar-refractivity contribution in [3.05, 3.63) is 58.8 Å². The number of anilines is 2. The molecule has 0 atom stereocenters. The summed E-state index contributed by atoms with van der Waals surface area (Å²) >= 11 is 0. The van der Waals surface area contributed by atoms with Crippen molar-refractivity contribution in [3.8, 4) is 0 Å². The van der Waals surface area contributed by atoms with Crippen LogP contribution in [0.2, 0.25) is 0 Å². The van der Waals surface area contributed by atoms with Gasteiger partial charge in [0.15, 0.2) is 5.69 Å². The molecule has 0 aliphatic carbocycles. The SMILES string of the molecule is O=C(c1ccc(N2CCC(N3C(=O)OCc4ccccc43)CC2)c([NH2+][O-])c1)N(CCO)CCO. The second-order valence-electron chi connectivity index (χ2n) is 8.40. The van der Waals surface area contributed by atoms with E-state index < -0.39 is 0 Å². The Balaban J connectivity index is 1.47. The largest absolute Gasteiger partial charge is 0.630 e. The fourth-order valence-corrected chi connectivity index (χ4v) is 4.69. The molecule has 2 aliphatic heterocycles. The Hall–Kier alpha value is -3.18. The molecule has 4 N–H and O–H groups in total. The van der Waals surface area contributed by atoms with Gasteiger partial charge in [-0.05, 0) is 31.0 Å². The molecule has 2 amide bonds. The summed E-state index contributed by atoms with van der Waals surface area (Å²) in [5, 5.41) is 30.2. The third-order valence-corrected chi connectivity index (χ3v) is 6.40. The van der Waals surface area contributed by atoms with E-state index in [4.69, 9.17) is 4.74 Å². The van der Waals surface area contributed by atoms with Gasteiger partial charge in [0.25, 0.3) is 5.91 Å². The molecule has 34 heavy (non-hydrogen) atoms. The number of para-hydroxylation sites is 1. The van der Waals surface area contributed by atoms with Gasteiger partial charge >= 0.3 is 6.09 Å². The number of aliphatic hydroxyl groups is 2. The van der Waals surface area contributed by atoms with Crippen LogP contribution in [0.3, 0.4) is 0 Å². The second-order valence-corrected chi connectivity index (χ2v) is 8.40. The first kappa shape index (κ1) is 24.0. The molecule has 4 rings (SSSR count). The van der Waals surface area contributed by atoms with Crippen LogP contribution in [0.15, 0.2) is 42.5 Å². The molecular weight excluding hydrogens is 440 g/mol. The number of cyclic esters (lactones) is 1. The maximum Gasteiger partial charge on any atom is 0.414 e. The molecule has 2 aromatic rings. The highest BCUT2D eigenvalue weighted by molar-refractivity contribution is 5.96. The number of quaternary nitrogens is 1. The lowest BCUT2D eigenvalue weighted by molar-refractivity contribution is -0.496. The predicted molar refractivity (Wildman–Crippen MR) is 126 cm³/mol. The van der Waals surface area contributed by atoms with E-state index in [0.717, 1.165) is 22.4 Å².